The zero-order valence-corrected chi connectivity index (χ0v) is 18.6. The number of anilines is 1. The van der Waals surface area contributed by atoms with Gasteiger partial charge in [0.15, 0.2) is 5.13 Å². The fourth-order valence-corrected chi connectivity index (χ4v) is 6.40. The maximum Gasteiger partial charge on any atom is 0.259 e. The van der Waals surface area contributed by atoms with E-state index in [-0.39, 0.29) is 31.7 Å². The summed E-state index contributed by atoms with van der Waals surface area (Å²) < 4.78 is 42.1. The molecule has 2 aromatic carbocycles. The summed E-state index contributed by atoms with van der Waals surface area (Å²) in [7, 11) is -3.92. The fraction of sp³-hybridized carbons (Fsp3) is 0.263. The largest absolute Gasteiger partial charge is 0.298 e. The second-order valence-electron chi connectivity index (χ2n) is 6.95. The predicted molar refractivity (Wildman–Crippen MR) is 117 cm³/mol. The highest BCUT2D eigenvalue weighted by atomic mass is 35.5. The number of thiazole rings is 1. The van der Waals surface area contributed by atoms with Gasteiger partial charge in [0.25, 0.3) is 5.91 Å². The van der Waals surface area contributed by atoms with E-state index in [0.717, 1.165) is 43.1 Å². The Hall–Kier alpha value is -1.78. The number of benzene rings is 2. The molecule has 1 aliphatic carbocycles. The number of nitrogens with one attached hydrogen (secondary N) is 2. The Kier molecular flexibility index (Phi) is 6.00. The van der Waals surface area contributed by atoms with Gasteiger partial charge in [0, 0.05) is 6.04 Å². The van der Waals surface area contributed by atoms with Crippen LogP contribution < -0.4 is 10.0 Å². The molecular formula is C19H16Cl2FN3O3S2. The van der Waals surface area contributed by atoms with Crippen LogP contribution in [0.5, 0.6) is 0 Å². The lowest BCUT2D eigenvalue weighted by molar-refractivity contribution is 0.102. The molecule has 0 saturated heterocycles. The lowest BCUT2D eigenvalue weighted by Crippen LogP contribution is -2.33. The summed E-state index contributed by atoms with van der Waals surface area (Å²) in [5.41, 5.74) is 0.473. The number of aromatic nitrogens is 1. The van der Waals surface area contributed by atoms with Gasteiger partial charge in [-0.1, -0.05) is 47.4 Å². The van der Waals surface area contributed by atoms with Crippen molar-refractivity contribution < 1.29 is 17.6 Å². The van der Waals surface area contributed by atoms with E-state index in [4.69, 9.17) is 23.2 Å². The number of rotatable bonds is 5. The number of amides is 1. The molecule has 6 nitrogen and oxygen atoms in total. The van der Waals surface area contributed by atoms with Gasteiger partial charge < -0.3 is 0 Å². The topological polar surface area (TPSA) is 88.2 Å². The molecule has 1 fully saturated rings. The highest BCUT2D eigenvalue weighted by molar-refractivity contribution is 7.89. The zero-order valence-electron chi connectivity index (χ0n) is 15.4. The molecular weight excluding hydrogens is 472 g/mol. The van der Waals surface area contributed by atoms with Crippen LogP contribution in [0.15, 0.2) is 35.2 Å². The molecule has 1 amide bonds. The Bertz CT molecular complexity index is 1240. The molecule has 3 aromatic rings. The third-order valence-electron chi connectivity index (χ3n) is 4.80. The van der Waals surface area contributed by atoms with Crippen LogP contribution in [0.2, 0.25) is 10.0 Å². The summed E-state index contributed by atoms with van der Waals surface area (Å²) in [5.74, 6) is -1.05. The Morgan fingerprint density at radius 1 is 1.13 bits per heavy atom. The van der Waals surface area contributed by atoms with E-state index in [9.17, 15) is 17.6 Å². The Labute approximate surface area is 186 Å². The number of hydrogen-bond donors (Lipinski definition) is 2. The van der Waals surface area contributed by atoms with Gasteiger partial charge in [0.05, 0.1) is 25.8 Å². The van der Waals surface area contributed by atoms with Crippen LogP contribution in [0, 0.1) is 5.82 Å². The second kappa shape index (κ2) is 8.39. The molecule has 2 N–H and O–H groups in total. The molecule has 158 valence electrons. The summed E-state index contributed by atoms with van der Waals surface area (Å²) >= 11 is 13.4. The van der Waals surface area contributed by atoms with E-state index in [1.54, 1.807) is 0 Å². The Balaban J connectivity index is 1.62. The number of sulfonamides is 1. The van der Waals surface area contributed by atoms with Crippen molar-refractivity contribution in [3.8, 4) is 0 Å². The highest BCUT2D eigenvalue weighted by Gasteiger charge is 2.27. The monoisotopic (exact) mass is 487 g/mol. The minimum atomic E-state index is -3.92. The molecule has 11 heteroatoms. The first-order chi connectivity index (χ1) is 14.2. The number of carbonyl (C=O) groups is 1. The lowest BCUT2D eigenvalue weighted by Gasteiger charge is -2.15. The molecule has 4 rings (SSSR count). The minimum absolute atomic E-state index is 0.00414. The van der Waals surface area contributed by atoms with E-state index in [1.165, 1.54) is 24.3 Å². The van der Waals surface area contributed by atoms with Gasteiger partial charge in [-0.05, 0) is 43.2 Å². The van der Waals surface area contributed by atoms with E-state index in [0.29, 0.717) is 10.2 Å². The second-order valence-corrected chi connectivity index (χ2v) is 10.5. The molecule has 1 heterocycles. The molecule has 0 radical (unpaired) electrons. The molecule has 1 saturated carbocycles. The van der Waals surface area contributed by atoms with Gasteiger partial charge in [-0.25, -0.2) is 22.5 Å². The summed E-state index contributed by atoms with van der Waals surface area (Å²) in [6, 6.07) is 6.34. The van der Waals surface area contributed by atoms with Gasteiger partial charge in [-0.3, -0.25) is 10.1 Å². The van der Waals surface area contributed by atoms with Crippen molar-refractivity contribution in [2.75, 3.05) is 5.32 Å². The third-order valence-corrected chi connectivity index (χ3v) is 8.04. The molecule has 0 spiro atoms. The van der Waals surface area contributed by atoms with Crippen LogP contribution in [0.3, 0.4) is 0 Å². The zero-order chi connectivity index (χ0) is 21.5. The van der Waals surface area contributed by atoms with Crippen LogP contribution >= 0.6 is 34.5 Å². The standard InChI is InChI=1S/C19H16Cl2FN3O3S2/c20-13-9-14(21)17(30(27,28)25-11-3-1-2-4-11)8-12(13)18(26)24-19-23-15-6-5-10(22)7-16(15)29-19/h5-9,11,25H,1-4H2,(H,23,24,26). The van der Waals surface area contributed by atoms with Gasteiger partial charge in [0.2, 0.25) is 10.0 Å². The highest BCUT2D eigenvalue weighted by Crippen LogP contribution is 2.32. The van der Waals surface area contributed by atoms with Crippen molar-refractivity contribution in [1.29, 1.82) is 0 Å². The maximum absolute atomic E-state index is 13.4. The molecule has 1 aromatic heterocycles. The Morgan fingerprint density at radius 3 is 2.60 bits per heavy atom. The maximum atomic E-state index is 13.4. The molecule has 30 heavy (non-hydrogen) atoms. The summed E-state index contributed by atoms with van der Waals surface area (Å²) in [5, 5.41) is 2.75. The summed E-state index contributed by atoms with van der Waals surface area (Å²) in [6.07, 6.45) is 3.44. The summed E-state index contributed by atoms with van der Waals surface area (Å²) in [4.78, 5) is 16.8. The minimum Gasteiger partial charge on any atom is -0.298 e. The Morgan fingerprint density at radius 2 is 1.87 bits per heavy atom. The number of carbonyl (C=O) groups excluding carboxylic acids is 1. The summed E-state index contributed by atoms with van der Waals surface area (Å²) in [6.45, 7) is 0. The molecule has 0 unspecified atom stereocenters. The van der Waals surface area contributed by atoms with Gasteiger partial charge in [0.1, 0.15) is 10.7 Å². The average Bonchev–Trinajstić information content (AvgIpc) is 3.29. The predicted octanol–water partition coefficient (Wildman–Crippen LogP) is 5.22. The van der Waals surface area contributed by atoms with Crippen LogP contribution in [-0.2, 0) is 10.0 Å². The first-order valence-corrected chi connectivity index (χ1v) is 12.2. The van der Waals surface area contributed by atoms with Crippen molar-refractivity contribution in [2.24, 2.45) is 0 Å². The number of fused-ring (bicyclic) bond motifs is 1. The normalized spacial score (nSPS) is 15.0. The van der Waals surface area contributed by atoms with Gasteiger partial charge in [-0.2, -0.15) is 0 Å². The van der Waals surface area contributed by atoms with Gasteiger partial charge >= 0.3 is 0 Å². The quantitative estimate of drug-likeness (QED) is 0.516. The third kappa shape index (κ3) is 4.45. The molecule has 0 aliphatic heterocycles. The van der Waals surface area contributed by atoms with E-state index in [2.05, 4.69) is 15.0 Å². The van der Waals surface area contributed by atoms with Crippen LogP contribution in [0.1, 0.15) is 36.0 Å². The SMILES string of the molecule is O=C(Nc1nc2ccc(F)cc2s1)c1cc(S(=O)(=O)NC2CCCC2)c(Cl)cc1Cl. The van der Waals surface area contributed by atoms with Crippen LogP contribution in [0.4, 0.5) is 9.52 Å². The van der Waals surface area contributed by atoms with E-state index >= 15 is 0 Å². The first kappa shape index (κ1) is 21.5. The fourth-order valence-electron chi connectivity index (χ4n) is 3.35. The average molecular weight is 488 g/mol. The van der Waals surface area contributed by atoms with Crippen molar-refractivity contribution in [3.63, 3.8) is 0 Å². The molecule has 1 aliphatic rings. The number of nitrogens with zero attached hydrogens (tertiary/aromatic N) is 1. The van der Waals surface area contributed by atoms with E-state index in [1.807, 2.05) is 0 Å². The van der Waals surface area contributed by atoms with Crippen LogP contribution in [-0.4, -0.2) is 25.4 Å². The molecule has 0 bridgehead atoms. The number of halogens is 3. The van der Waals surface area contributed by atoms with E-state index < -0.39 is 21.7 Å². The van der Waals surface area contributed by atoms with Crippen molar-refractivity contribution in [2.45, 2.75) is 36.6 Å². The smallest absolute Gasteiger partial charge is 0.259 e. The number of hydrogen-bond acceptors (Lipinski definition) is 5. The first-order valence-electron chi connectivity index (χ1n) is 9.12. The lowest BCUT2D eigenvalue weighted by atomic mass is 10.2. The van der Waals surface area contributed by atoms with Crippen LogP contribution in [0.25, 0.3) is 10.2 Å². The van der Waals surface area contributed by atoms with Crippen molar-refractivity contribution in [3.05, 3.63) is 51.8 Å². The molecule has 0 atom stereocenters. The van der Waals surface area contributed by atoms with Crippen molar-refractivity contribution >= 4 is 65.8 Å². The van der Waals surface area contributed by atoms with Crippen molar-refractivity contribution in [1.82, 2.24) is 9.71 Å². The van der Waals surface area contributed by atoms with Gasteiger partial charge in [-0.15, -0.1) is 0 Å².